The van der Waals surface area contributed by atoms with Gasteiger partial charge in [0.15, 0.2) is 0 Å². The van der Waals surface area contributed by atoms with Crippen LogP contribution in [-0.2, 0) is 14.3 Å². The molecule has 5 rings (SSSR count). The lowest BCUT2D eigenvalue weighted by atomic mass is 9.64. The zero-order valence-corrected chi connectivity index (χ0v) is 15.8. The van der Waals surface area contributed by atoms with Gasteiger partial charge in [-0.2, -0.15) is 0 Å². The maximum Gasteiger partial charge on any atom is 0.410 e. The van der Waals surface area contributed by atoms with E-state index in [1.807, 2.05) is 24.3 Å². The Balaban J connectivity index is 1.35. The molecule has 0 bridgehead atoms. The molecule has 2 aromatic carbocycles. The highest BCUT2D eigenvalue weighted by atomic mass is 16.6. The van der Waals surface area contributed by atoms with Gasteiger partial charge < -0.3 is 14.7 Å². The van der Waals surface area contributed by atoms with E-state index in [1.165, 1.54) is 4.90 Å². The van der Waals surface area contributed by atoms with Gasteiger partial charge in [-0.05, 0) is 28.7 Å². The summed E-state index contributed by atoms with van der Waals surface area (Å²) in [5, 5.41) is 9.39. The van der Waals surface area contributed by atoms with Crippen molar-refractivity contribution in [3.63, 3.8) is 0 Å². The lowest BCUT2D eigenvalue weighted by molar-refractivity contribution is -0.158. The molecule has 2 aromatic rings. The number of amides is 1. The average Bonchev–Trinajstić information content (AvgIpc) is 3.01. The number of Topliss-reactive ketones (excluding diaryl/α,β-unsaturated/α-hetero) is 1. The molecular formula is C23H21NO5. The van der Waals surface area contributed by atoms with Crippen LogP contribution in [0.4, 0.5) is 4.79 Å². The SMILES string of the molecule is O=C(O)C1CC2C(=O)CCN(C(=O)OCC3c4ccccc4-c4ccccc43)C12. The molecular weight excluding hydrogens is 370 g/mol. The molecule has 3 unspecified atom stereocenters. The van der Waals surface area contributed by atoms with Gasteiger partial charge in [0.25, 0.3) is 0 Å². The fourth-order valence-corrected chi connectivity index (χ4v) is 5.10. The number of benzene rings is 2. The standard InChI is InChI=1S/C23H21NO5/c25-20-9-10-24(21-17(20)11-18(21)22(26)27)23(28)29-12-19-15-7-3-1-5-13(15)14-6-2-4-8-16(14)19/h1-8,17-19,21H,9-12H2,(H,26,27). The van der Waals surface area contributed by atoms with E-state index in [9.17, 15) is 19.5 Å². The van der Waals surface area contributed by atoms with Gasteiger partial charge in [0.1, 0.15) is 12.4 Å². The highest BCUT2D eigenvalue weighted by molar-refractivity contribution is 5.89. The summed E-state index contributed by atoms with van der Waals surface area (Å²) in [7, 11) is 0. The summed E-state index contributed by atoms with van der Waals surface area (Å²) in [6, 6.07) is 15.6. The predicted molar refractivity (Wildman–Crippen MR) is 104 cm³/mol. The van der Waals surface area contributed by atoms with Gasteiger partial charge in [-0.3, -0.25) is 9.59 Å². The highest BCUT2D eigenvalue weighted by Crippen LogP contribution is 2.45. The molecule has 1 N–H and O–H groups in total. The number of likely N-dealkylation sites (tertiary alicyclic amines) is 1. The third kappa shape index (κ3) is 2.74. The molecule has 29 heavy (non-hydrogen) atoms. The Hall–Kier alpha value is -3.15. The normalized spacial score (nSPS) is 24.9. The summed E-state index contributed by atoms with van der Waals surface area (Å²) >= 11 is 0. The Kier molecular flexibility index (Phi) is 4.15. The van der Waals surface area contributed by atoms with Crippen LogP contribution in [0.5, 0.6) is 0 Å². The van der Waals surface area contributed by atoms with Crippen molar-refractivity contribution in [3.8, 4) is 11.1 Å². The Labute approximate surface area is 168 Å². The molecule has 0 radical (unpaired) electrons. The zero-order valence-electron chi connectivity index (χ0n) is 15.8. The second-order valence-electron chi connectivity index (χ2n) is 7.99. The number of ether oxygens (including phenoxy) is 1. The van der Waals surface area contributed by atoms with Crippen molar-refractivity contribution in [2.45, 2.75) is 24.8 Å². The van der Waals surface area contributed by atoms with Gasteiger partial charge in [-0.15, -0.1) is 0 Å². The summed E-state index contributed by atoms with van der Waals surface area (Å²) in [6.45, 7) is 0.410. The van der Waals surface area contributed by atoms with Crippen molar-refractivity contribution in [1.82, 2.24) is 4.90 Å². The van der Waals surface area contributed by atoms with Gasteiger partial charge in [0.05, 0.1) is 12.0 Å². The topological polar surface area (TPSA) is 83.9 Å². The van der Waals surface area contributed by atoms with Crippen LogP contribution in [0.3, 0.4) is 0 Å². The van der Waals surface area contributed by atoms with Gasteiger partial charge in [0, 0.05) is 24.8 Å². The predicted octanol–water partition coefficient (Wildman–Crippen LogP) is 3.30. The summed E-state index contributed by atoms with van der Waals surface area (Å²) in [4.78, 5) is 37.8. The quantitative estimate of drug-likeness (QED) is 0.868. The molecule has 6 heteroatoms. The van der Waals surface area contributed by atoms with Crippen LogP contribution in [-0.4, -0.2) is 47.0 Å². The van der Waals surface area contributed by atoms with Crippen LogP contribution in [0.1, 0.15) is 29.9 Å². The number of carboxylic acids is 1. The van der Waals surface area contributed by atoms with Crippen molar-refractivity contribution in [1.29, 1.82) is 0 Å². The second-order valence-corrected chi connectivity index (χ2v) is 7.99. The van der Waals surface area contributed by atoms with E-state index in [-0.39, 0.29) is 37.2 Å². The van der Waals surface area contributed by atoms with Crippen molar-refractivity contribution >= 4 is 17.8 Å². The minimum atomic E-state index is -0.961. The van der Waals surface area contributed by atoms with Gasteiger partial charge >= 0.3 is 12.1 Å². The molecule has 6 nitrogen and oxygen atoms in total. The first-order valence-corrected chi connectivity index (χ1v) is 9.93. The summed E-state index contributed by atoms with van der Waals surface area (Å²) in [5.74, 6) is -2.02. The van der Waals surface area contributed by atoms with Crippen LogP contribution < -0.4 is 0 Å². The Morgan fingerprint density at radius 1 is 1.03 bits per heavy atom. The lowest BCUT2D eigenvalue weighted by Crippen LogP contribution is -2.64. The summed E-state index contributed by atoms with van der Waals surface area (Å²) in [6.07, 6.45) is 0.0456. The first-order valence-electron chi connectivity index (χ1n) is 9.93. The van der Waals surface area contributed by atoms with E-state index >= 15 is 0 Å². The van der Waals surface area contributed by atoms with Crippen molar-refractivity contribution < 1.29 is 24.2 Å². The minimum absolute atomic E-state index is 0.0507. The number of hydrogen-bond donors (Lipinski definition) is 1. The van der Waals surface area contributed by atoms with E-state index in [0.717, 1.165) is 22.3 Å². The number of piperidine rings is 1. The van der Waals surface area contributed by atoms with E-state index in [0.29, 0.717) is 6.42 Å². The van der Waals surface area contributed by atoms with Gasteiger partial charge in [-0.1, -0.05) is 48.5 Å². The van der Waals surface area contributed by atoms with Crippen molar-refractivity contribution in [2.24, 2.45) is 11.8 Å². The Morgan fingerprint density at radius 3 is 2.28 bits per heavy atom. The molecule has 148 valence electrons. The third-order valence-electron chi connectivity index (χ3n) is 6.59. The lowest BCUT2D eigenvalue weighted by Gasteiger charge is -2.50. The molecule has 2 fully saturated rings. The number of aliphatic carboxylic acids is 1. The van der Waals surface area contributed by atoms with E-state index in [2.05, 4.69) is 24.3 Å². The largest absolute Gasteiger partial charge is 0.481 e. The number of carbonyl (C=O) groups excluding carboxylic acids is 2. The average molecular weight is 391 g/mol. The summed E-state index contributed by atoms with van der Waals surface area (Å²) < 4.78 is 5.68. The highest BCUT2D eigenvalue weighted by Gasteiger charge is 2.55. The number of rotatable bonds is 3. The molecule has 0 spiro atoms. The monoisotopic (exact) mass is 391 g/mol. The zero-order chi connectivity index (χ0) is 20.1. The van der Waals surface area contributed by atoms with Crippen LogP contribution >= 0.6 is 0 Å². The number of hydrogen-bond acceptors (Lipinski definition) is 4. The van der Waals surface area contributed by atoms with Crippen LogP contribution in [0.25, 0.3) is 11.1 Å². The Morgan fingerprint density at radius 2 is 1.66 bits per heavy atom. The van der Waals surface area contributed by atoms with E-state index < -0.39 is 24.0 Å². The maximum atomic E-state index is 12.8. The number of carboxylic acid groups (broad SMARTS) is 1. The number of carbonyl (C=O) groups is 3. The molecule has 3 aliphatic rings. The molecule has 3 atom stereocenters. The van der Waals surface area contributed by atoms with Crippen molar-refractivity contribution in [2.75, 3.05) is 13.2 Å². The molecule has 1 heterocycles. The summed E-state index contributed by atoms with van der Waals surface area (Å²) in [5.41, 5.74) is 4.55. The minimum Gasteiger partial charge on any atom is -0.481 e. The number of ketones is 1. The number of fused-ring (bicyclic) bond motifs is 4. The van der Waals surface area contributed by atoms with Crippen LogP contribution in [0.2, 0.25) is 0 Å². The first-order chi connectivity index (χ1) is 14.1. The molecule has 1 amide bonds. The smallest absolute Gasteiger partial charge is 0.410 e. The Bertz CT molecular complexity index is 966. The first kappa shape index (κ1) is 17.9. The molecule has 1 saturated heterocycles. The van der Waals surface area contributed by atoms with Crippen molar-refractivity contribution in [3.05, 3.63) is 59.7 Å². The second kappa shape index (κ2) is 6.72. The van der Waals surface area contributed by atoms with E-state index in [1.54, 1.807) is 0 Å². The number of nitrogens with zero attached hydrogens (tertiary/aromatic N) is 1. The molecule has 2 aliphatic carbocycles. The maximum absolute atomic E-state index is 12.8. The van der Waals surface area contributed by atoms with Crippen LogP contribution in [0, 0.1) is 11.8 Å². The third-order valence-corrected chi connectivity index (χ3v) is 6.59. The molecule has 1 saturated carbocycles. The van der Waals surface area contributed by atoms with Crippen LogP contribution in [0.15, 0.2) is 48.5 Å². The van der Waals surface area contributed by atoms with E-state index in [4.69, 9.17) is 4.74 Å². The van der Waals surface area contributed by atoms with Gasteiger partial charge in [-0.25, -0.2) is 4.79 Å². The fourth-order valence-electron chi connectivity index (χ4n) is 5.10. The molecule has 1 aliphatic heterocycles. The molecule has 0 aromatic heterocycles. The van der Waals surface area contributed by atoms with Gasteiger partial charge in [0.2, 0.25) is 0 Å². The fraction of sp³-hybridized carbons (Fsp3) is 0.348.